The topological polar surface area (TPSA) is 95.0 Å². The fourth-order valence-electron chi connectivity index (χ4n) is 5.39. The smallest absolute Gasteiger partial charge is 0.410 e. The number of ether oxygens (including phenoxy) is 3. The molecule has 0 radical (unpaired) electrons. The highest BCUT2D eigenvalue weighted by Crippen LogP contribution is 2.39. The number of carbonyl (C=O) groups is 1. The zero-order chi connectivity index (χ0) is 23.8. The van der Waals surface area contributed by atoms with Crippen LogP contribution >= 0.6 is 0 Å². The first kappa shape index (κ1) is 24.3. The summed E-state index contributed by atoms with van der Waals surface area (Å²) in [5.41, 5.74) is 0.592. The van der Waals surface area contributed by atoms with E-state index in [0.29, 0.717) is 11.4 Å². The van der Waals surface area contributed by atoms with Gasteiger partial charge in [0.15, 0.2) is 14.9 Å². The van der Waals surface area contributed by atoms with E-state index in [-0.39, 0.29) is 47.6 Å². The lowest BCUT2D eigenvalue weighted by Gasteiger charge is -2.40. The standard InChI is InChI=1S/C24H36N2O6S/c1-15(2)30-24(27)26-17-5-6-18(26)14-21(13-17)31-19-7-9-20(10-8-19)32-22-11-12-23(25-16(22)3)33(4,28)29/h11-12,15,17-21H,5-10,13-14H2,1-4H3. The number of carbonyl (C=O) groups excluding carboxylic acids is 1. The molecular weight excluding hydrogens is 444 g/mol. The fraction of sp³-hybridized carbons (Fsp3) is 0.750. The molecule has 2 unspecified atom stereocenters. The van der Waals surface area contributed by atoms with Crippen molar-refractivity contribution in [3.63, 3.8) is 0 Å². The van der Waals surface area contributed by atoms with Crippen molar-refractivity contribution >= 4 is 15.9 Å². The Morgan fingerprint density at radius 1 is 1.00 bits per heavy atom. The van der Waals surface area contributed by atoms with Gasteiger partial charge in [-0.05, 0) is 84.3 Å². The zero-order valence-electron chi connectivity index (χ0n) is 20.0. The van der Waals surface area contributed by atoms with Gasteiger partial charge in [-0.1, -0.05) is 0 Å². The van der Waals surface area contributed by atoms with E-state index < -0.39 is 9.84 Å². The maximum Gasteiger partial charge on any atom is 0.410 e. The Hall–Kier alpha value is -1.87. The van der Waals surface area contributed by atoms with Crippen molar-refractivity contribution in [1.82, 2.24) is 9.88 Å². The number of hydrogen-bond donors (Lipinski definition) is 0. The molecule has 2 saturated heterocycles. The zero-order valence-corrected chi connectivity index (χ0v) is 20.8. The highest BCUT2D eigenvalue weighted by molar-refractivity contribution is 7.90. The second kappa shape index (κ2) is 9.78. The molecule has 184 valence electrons. The molecule has 1 aromatic rings. The molecule has 1 aromatic heterocycles. The number of nitrogens with zero attached hydrogens (tertiary/aromatic N) is 2. The van der Waals surface area contributed by atoms with Gasteiger partial charge in [-0.3, -0.25) is 0 Å². The van der Waals surface area contributed by atoms with E-state index in [4.69, 9.17) is 14.2 Å². The second-order valence-electron chi connectivity index (χ2n) is 9.98. The summed E-state index contributed by atoms with van der Waals surface area (Å²) in [7, 11) is -3.33. The predicted octanol–water partition coefficient (Wildman–Crippen LogP) is 4.04. The molecule has 2 aliphatic heterocycles. The summed E-state index contributed by atoms with van der Waals surface area (Å²) >= 11 is 0. The molecule has 9 heteroatoms. The van der Waals surface area contributed by atoms with Crippen LogP contribution in [0, 0.1) is 6.92 Å². The first-order chi connectivity index (χ1) is 15.6. The predicted molar refractivity (Wildman–Crippen MR) is 123 cm³/mol. The third kappa shape index (κ3) is 5.80. The lowest BCUT2D eigenvalue weighted by molar-refractivity contribution is -0.0787. The molecule has 2 atom stereocenters. The number of aryl methyl sites for hydroxylation is 1. The first-order valence-electron chi connectivity index (χ1n) is 12.1. The fourth-order valence-corrected chi connectivity index (χ4v) is 6.01. The van der Waals surface area contributed by atoms with Gasteiger partial charge < -0.3 is 19.1 Å². The van der Waals surface area contributed by atoms with E-state index in [0.717, 1.165) is 57.6 Å². The molecule has 0 N–H and O–H groups in total. The number of aromatic nitrogens is 1. The van der Waals surface area contributed by atoms with Crippen LogP contribution in [-0.4, -0.2) is 67.2 Å². The molecule has 3 aliphatic rings. The molecule has 33 heavy (non-hydrogen) atoms. The second-order valence-corrected chi connectivity index (χ2v) is 11.9. The largest absolute Gasteiger partial charge is 0.489 e. The van der Waals surface area contributed by atoms with E-state index in [1.54, 1.807) is 13.0 Å². The summed E-state index contributed by atoms with van der Waals surface area (Å²) in [6.45, 7) is 5.55. The van der Waals surface area contributed by atoms with Gasteiger partial charge in [0, 0.05) is 18.3 Å². The number of rotatable bonds is 6. The average molecular weight is 481 g/mol. The van der Waals surface area contributed by atoms with Crippen molar-refractivity contribution in [1.29, 1.82) is 0 Å². The molecule has 1 saturated carbocycles. The van der Waals surface area contributed by atoms with Gasteiger partial charge in [0.1, 0.15) is 5.75 Å². The van der Waals surface area contributed by atoms with E-state index in [2.05, 4.69) is 4.98 Å². The summed E-state index contributed by atoms with van der Waals surface area (Å²) in [5.74, 6) is 0.643. The molecule has 4 rings (SSSR count). The molecule has 1 aliphatic carbocycles. The Morgan fingerprint density at radius 2 is 1.61 bits per heavy atom. The molecule has 8 nitrogen and oxygen atoms in total. The summed E-state index contributed by atoms with van der Waals surface area (Å²) in [6, 6.07) is 3.66. The van der Waals surface area contributed by atoms with E-state index in [9.17, 15) is 13.2 Å². The molecule has 0 aromatic carbocycles. The van der Waals surface area contributed by atoms with Gasteiger partial charge in [0.05, 0.1) is 30.1 Å². The van der Waals surface area contributed by atoms with Crippen LogP contribution in [0.5, 0.6) is 5.75 Å². The van der Waals surface area contributed by atoms with Crippen molar-refractivity contribution < 1.29 is 27.4 Å². The molecule has 3 fully saturated rings. The summed E-state index contributed by atoms with van der Waals surface area (Å²) in [5, 5.41) is 0.0712. The van der Waals surface area contributed by atoms with Gasteiger partial charge in [0.2, 0.25) is 0 Å². The van der Waals surface area contributed by atoms with Crippen LogP contribution < -0.4 is 4.74 Å². The number of hydrogen-bond acceptors (Lipinski definition) is 7. The van der Waals surface area contributed by atoms with Crippen molar-refractivity contribution in [2.75, 3.05) is 6.26 Å². The quantitative estimate of drug-likeness (QED) is 0.606. The van der Waals surface area contributed by atoms with Crippen molar-refractivity contribution in [2.24, 2.45) is 0 Å². The van der Waals surface area contributed by atoms with E-state index >= 15 is 0 Å². The van der Waals surface area contributed by atoms with Crippen LogP contribution in [0.25, 0.3) is 0 Å². The van der Waals surface area contributed by atoms with Gasteiger partial charge in [-0.25, -0.2) is 18.2 Å². The number of fused-ring (bicyclic) bond motifs is 2. The first-order valence-corrected chi connectivity index (χ1v) is 14.0. The Bertz CT molecular complexity index is 944. The number of piperidine rings is 1. The Kier molecular flexibility index (Phi) is 7.19. The Morgan fingerprint density at radius 3 is 2.15 bits per heavy atom. The van der Waals surface area contributed by atoms with Crippen molar-refractivity contribution in [3.05, 3.63) is 17.8 Å². The SMILES string of the molecule is Cc1nc(S(C)(=O)=O)ccc1OC1CCC(OC2CC3CCC(C2)N3C(=O)OC(C)C)CC1. The van der Waals surface area contributed by atoms with Gasteiger partial charge in [-0.2, -0.15) is 0 Å². The molecule has 1 amide bonds. The molecule has 3 heterocycles. The van der Waals surface area contributed by atoms with Gasteiger partial charge >= 0.3 is 6.09 Å². The van der Waals surface area contributed by atoms with Crippen LogP contribution in [0.3, 0.4) is 0 Å². The number of sulfone groups is 1. The minimum Gasteiger partial charge on any atom is -0.489 e. The lowest BCUT2D eigenvalue weighted by Crippen LogP contribution is -2.50. The van der Waals surface area contributed by atoms with Crippen LogP contribution in [0.4, 0.5) is 4.79 Å². The molecule has 2 bridgehead atoms. The highest BCUT2D eigenvalue weighted by atomic mass is 32.2. The summed E-state index contributed by atoms with van der Waals surface area (Å²) in [6.07, 6.45) is 8.87. The van der Waals surface area contributed by atoms with Crippen LogP contribution in [0.2, 0.25) is 0 Å². The Labute approximate surface area is 196 Å². The van der Waals surface area contributed by atoms with Gasteiger partial charge in [0.25, 0.3) is 0 Å². The van der Waals surface area contributed by atoms with E-state index in [1.165, 1.54) is 6.07 Å². The van der Waals surface area contributed by atoms with Crippen LogP contribution in [-0.2, 0) is 19.3 Å². The third-order valence-electron chi connectivity index (χ3n) is 6.93. The van der Waals surface area contributed by atoms with Crippen molar-refractivity contribution in [2.45, 2.75) is 114 Å². The lowest BCUT2D eigenvalue weighted by atomic mass is 9.93. The normalized spacial score (nSPS) is 29.8. The number of pyridine rings is 1. The maximum atomic E-state index is 12.5. The molecular formula is C24H36N2O6S. The van der Waals surface area contributed by atoms with E-state index in [1.807, 2.05) is 18.7 Å². The summed E-state index contributed by atoms with van der Waals surface area (Å²) in [4.78, 5) is 18.6. The summed E-state index contributed by atoms with van der Waals surface area (Å²) < 4.78 is 41.4. The third-order valence-corrected chi connectivity index (χ3v) is 7.92. The van der Waals surface area contributed by atoms with Crippen molar-refractivity contribution in [3.8, 4) is 5.75 Å². The molecule has 0 spiro atoms. The average Bonchev–Trinajstić information content (AvgIpc) is 3.00. The van der Waals surface area contributed by atoms with Gasteiger partial charge in [-0.15, -0.1) is 0 Å². The Balaban J connectivity index is 1.25. The highest BCUT2D eigenvalue weighted by Gasteiger charge is 2.45. The van der Waals surface area contributed by atoms with Crippen LogP contribution in [0.15, 0.2) is 17.2 Å². The minimum atomic E-state index is -3.33. The monoisotopic (exact) mass is 480 g/mol. The number of amides is 1. The minimum absolute atomic E-state index is 0.0712. The maximum absolute atomic E-state index is 12.5. The van der Waals surface area contributed by atoms with Crippen LogP contribution in [0.1, 0.15) is 70.9 Å².